The lowest BCUT2D eigenvalue weighted by molar-refractivity contribution is 0.0949. The first-order valence-electron chi connectivity index (χ1n) is 6.69. The molecular formula is C14H20ClN3O. The second kappa shape index (κ2) is 6.26. The van der Waals surface area contributed by atoms with Crippen LogP contribution in [0.3, 0.4) is 0 Å². The number of nitrogens with two attached hydrogens (primary N) is 1. The minimum absolute atomic E-state index is 0.138. The van der Waals surface area contributed by atoms with Crippen molar-refractivity contribution in [2.24, 2.45) is 0 Å². The zero-order valence-electron chi connectivity index (χ0n) is 11.2. The molecule has 0 atom stereocenters. The van der Waals surface area contributed by atoms with Crippen LogP contribution in [0.25, 0.3) is 0 Å². The molecule has 0 bridgehead atoms. The highest BCUT2D eigenvalue weighted by Gasteiger charge is 2.27. The highest BCUT2D eigenvalue weighted by molar-refractivity contribution is 6.31. The van der Waals surface area contributed by atoms with Gasteiger partial charge in [0.1, 0.15) is 0 Å². The van der Waals surface area contributed by atoms with Crippen LogP contribution in [0.1, 0.15) is 30.1 Å². The summed E-state index contributed by atoms with van der Waals surface area (Å²) in [5.41, 5.74) is 6.68. The predicted molar refractivity (Wildman–Crippen MR) is 78.5 cm³/mol. The average molecular weight is 282 g/mol. The molecule has 1 aliphatic carbocycles. The van der Waals surface area contributed by atoms with Gasteiger partial charge in [-0.05, 0) is 37.6 Å². The molecule has 1 aliphatic rings. The van der Waals surface area contributed by atoms with Crippen molar-refractivity contribution in [2.75, 3.05) is 25.4 Å². The molecule has 19 heavy (non-hydrogen) atoms. The van der Waals surface area contributed by atoms with Gasteiger partial charge in [0, 0.05) is 29.8 Å². The van der Waals surface area contributed by atoms with Crippen LogP contribution in [0, 0.1) is 0 Å². The molecule has 0 unspecified atom stereocenters. The van der Waals surface area contributed by atoms with Crippen molar-refractivity contribution in [1.29, 1.82) is 0 Å². The summed E-state index contributed by atoms with van der Waals surface area (Å²) in [5.74, 6) is -0.138. The second-order valence-corrected chi connectivity index (χ2v) is 5.28. The number of likely N-dealkylation sites (N-methyl/N-ethyl adjacent to an activating group) is 1. The number of benzene rings is 1. The van der Waals surface area contributed by atoms with Gasteiger partial charge in [-0.2, -0.15) is 0 Å². The monoisotopic (exact) mass is 281 g/mol. The number of nitrogen functional groups attached to an aromatic ring is 1. The standard InChI is InChI=1S/C14H20ClN3O/c1-2-18(11-4-5-11)8-7-17-14(19)12-6-3-10(15)9-13(12)16/h3,6,9,11H,2,4-5,7-8,16H2,1H3,(H,17,19). The van der Waals surface area contributed by atoms with Crippen LogP contribution in [0.2, 0.25) is 5.02 Å². The fraction of sp³-hybridized carbons (Fsp3) is 0.500. The van der Waals surface area contributed by atoms with Crippen molar-refractivity contribution >= 4 is 23.2 Å². The van der Waals surface area contributed by atoms with Crippen LogP contribution in [0.5, 0.6) is 0 Å². The Balaban J connectivity index is 1.83. The molecule has 1 saturated carbocycles. The Morgan fingerprint density at radius 1 is 1.53 bits per heavy atom. The number of rotatable bonds is 6. The molecule has 1 aromatic carbocycles. The first-order valence-corrected chi connectivity index (χ1v) is 7.07. The lowest BCUT2D eigenvalue weighted by atomic mass is 10.1. The normalized spacial score (nSPS) is 14.7. The van der Waals surface area contributed by atoms with Crippen LogP contribution in [0.4, 0.5) is 5.69 Å². The summed E-state index contributed by atoms with van der Waals surface area (Å²) >= 11 is 5.81. The molecule has 5 heteroatoms. The smallest absolute Gasteiger partial charge is 0.253 e. The number of anilines is 1. The molecule has 0 aromatic heterocycles. The summed E-state index contributed by atoms with van der Waals surface area (Å²) in [6.45, 7) is 4.71. The van der Waals surface area contributed by atoms with E-state index in [1.54, 1.807) is 18.2 Å². The molecule has 3 N–H and O–H groups in total. The van der Waals surface area contributed by atoms with Crippen LogP contribution >= 0.6 is 11.6 Å². The third-order valence-corrected chi connectivity index (χ3v) is 3.65. The summed E-state index contributed by atoms with van der Waals surface area (Å²) in [6.07, 6.45) is 2.57. The summed E-state index contributed by atoms with van der Waals surface area (Å²) in [6, 6.07) is 5.65. The van der Waals surface area contributed by atoms with E-state index >= 15 is 0 Å². The summed E-state index contributed by atoms with van der Waals surface area (Å²) in [7, 11) is 0. The third kappa shape index (κ3) is 3.85. The molecule has 0 saturated heterocycles. The van der Waals surface area contributed by atoms with Gasteiger partial charge in [0.05, 0.1) is 5.56 Å². The van der Waals surface area contributed by atoms with Crippen LogP contribution in [0.15, 0.2) is 18.2 Å². The van der Waals surface area contributed by atoms with E-state index in [1.165, 1.54) is 12.8 Å². The van der Waals surface area contributed by atoms with Crippen molar-refractivity contribution in [3.8, 4) is 0 Å². The second-order valence-electron chi connectivity index (χ2n) is 4.85. The van der Waals surface area contributed by atoms with Gasteiger partial charge < -0.3 is 11.1 Å². The number of carbonyl (C=O) groups is 1. The molecule has 2 rings (SSSR count). The van der Waals surface area contributed by atoms with Gasteiger partial charge in [-0.3, -0.25) is 9.69 Å². The van der Waals surface area contributed by atoms with Gasteiger partial charge in [-0.1, -0.05) is 18.5 Å². The Morgan fingerprint density at radius 3 is 2.84 bits per heavy atom. The van der Waals surface area contributed by atoms with E-state index in [2.05, 4.69) is 17.1 Å². The molecule has 4 nitrogen and oxygen atoms in total. The fourth-order valence-electron chi connectivity index (χ4n) is 2.19. The van der Waals surface area contributed by atoms with Crippen molar-refractivity contribution in [3.63, 3.8) is 0 Å². The van der Waals surface area contributed by atoms with Gasteiger partial charge in [-0.15, -0.1) is 0 Å². The van der Waals surface area contributed by atoms with E-state index < -0.39 is 0 Å². The molecule has 104 valence electrons. The first kappa shape index (κ1) is 14.2. The minimum atomic E-state index is -0.138. The molecule has 1 amide bonds. The zero-order chi connectivity index (χ0) is 13.8. The van der Waals surface area contributed by atoms with E-state index in [1.807, 2.05) is 0 Å². The first-order chi connectivity index (χ1) is 9.11. The maximum atomic E-state index is 12.0. The maximum Gasteiger partial charge on any atom is 0.253 e. The topological polar surface area (TPSA) is 58.4 Å². The Hall–Kier alpha value is -1.26. The Morgan fingerprint density at radius 2 is 2.26 bits per heavy atom. The fourth-order valence-corrected chi connectivity index (χ4v) is 2.37. The largest absolute Gasteiger partial charge is 0.398 e. The summed E-state index contributed by atoms with van der Waals surface area (Å²) in [5, 5.41) is 3.44. The van der Waals surface area contributed by atoms with Crippen LogP contribution in [-0.2, 0) is 0 Å². The highest BCUT2D eigenvalue weighted by atomic mass is 35.5. The lowest BCUT2D eigenvalue weighted by Crippen LogP contribution is -2.36. The van der Waals surface area contributed by atoms with Gasteiger partial charge in [-0.25, -0.2) is 0 Å². The minimum Gasteiger partial charge on any atom is -0.398 e. The number of nitrogens with zero attached hydrogens (tertiary/aromatic N) is 1. The Bertz CT molecular complexity index is 460. The van der Waals surface area contributed by atoms with Gasteiger partial charge in [0.15, 0.2) is 0 Å². The maximum absolute atomic E-state index is 12.0. The average Bonchev–Trinajstić information content (AvgIpc) is 3.18. The Kier molecular flexibility index (Phi) is 4.66. The van der Waals surface area contributed by atoms with Crippen molar-refractivity contribution < 1.29 is 4.79 Å². The van der Waals surface area contributed by atoms with Crippen LogP contribution in [-0.4, -0.2) is 36.5 Å². The zero-order valence-corrected chi connectivity index (χ0v) is 11.9. The molecule has 0 spiro atoms. The quantitative estimate of drug-likeness (QED) is 0.786. The molecule has 0 aliphatic heterocycles. The van der Waals surface area contributed by atoms with Crippen molar-refractivity contribution in [2.45, 2.75) is 25.8 Å². The number of halogens is 1. The molecule has 1 aromatic rings. The van der Waals surface area contributed by atoms with E-state index in [9.17, 15) is 4.79 Å². The summed E-state index contributed by atoms with van der Waals surface area (Å²) in [4.78, 5) is 14.4. The van der Waals surface area contributed by atoms with E-state index in [0.29, 0.717) is 22.8 Å². The molecular weight excluding hydrogens is 262 g/mol. The van der Waals surface area contributed by atoms with E-state index in [0.717, 1.165) is 19.1 Å². The Labute approximate surface area is 118 Å². The number of nitrogens with one attached hydrogen (secondary N) is 1. The van der Waals surface area contributed by atoms with Crippen molar-refractivity contribution in [1.82, 2.24) is 10.2 Å². The number of hydrogen-bond donors (Lipinski definition) is 2. The SMILES string of the molecule is CCN(CCNC(=O)c1ccc(Cl)cc1N)C1CC1. The van der Waals surface area contributed by atoms with E-state index in [4.69, 9.17) is 17.3 Å². The van der Waals surface area contributed by atoms with Gasteiger partial charge >= 0.3 is 0 Å². The number of amides is 1. The van der Waals surface area contributed by atoms with Gasteiger partial charge in [0.25, 0.3) is 5.91 Å². The predicted octanol–water partition coefficient (Wildman–Crippen LogP) is 2.14. The lowest BCUT2D eigenvalue weighted by Gasteiger charge is -2.19. The number of carbonyl (C=O) groups excluding carboxylic acids is 1. The van der Waals surface area contributed by atoms with E-state index in [-0.39, 0.29) is 5.91 Å². The number of hydrogen-bond acceptors (Lipinski definition) is 3. The van der Waals surface area contributed by atoms with Crippen molar-refractivity contribution in [3.05, 3.63) is 28.8 Å². The molecule has 0 radical (unpaired) electrons. The molecule has 0 heterocycles. The molecule has 1 fully saturated rings. The highest BCUT2D eigenvalue weighted by Crippen LogP contribution is 2.25. The summed E-state index contributed by atoms with van der Waals surface area (Å²) < 4.78 is 0. The third-order valence-electron chi connectivity index (χ3n) is 3.41. The van der Waals surface area contributed by atoms with Gasteiger partial charge in [0.2, 0.25) is 0 Å². The van der Waals surface area contributed by atoms with Crippen LogP contribution < -0.4 is 11.1 Å².